The Kier molecular flexibility index (Phi) is 5.40. The van der Waals surface area contributed by atoms with E-state index < -0.39 is 17.4 Å². The fourth-order valence-electron chi connectivity index (χ4n) is 2.92. The van der Waals surface area contributed by atoms with Gasteiger partial charge in [0.05, 0.1) is 11.9 Å². The highest BCUT2D eigenvalue weighted by molar-refractivity contribution is 5.98. The summed E-state index contributed by atoms with van der Waals surface area (Å²) < 4.78 is 46.2. The predicted molar refractivity (Wildman–Crippen MR) is 105 cm³/mol. The smallest absolute Gasteiger partial charge is 0.433 e. The van der Waals surface area contributed by atoms with E-state index in [-0.39, 0.29) is 17.0 Å². The molecule has 3 heterocycles. The minimum atomic E-state index is -4.65. The van der Waals surface area contributed by atoms with Gasteiger partial charge in [-0.25, -0.2) is 9.97 Å². The molecule has 150 valence electrons. The maximum Gasteiger partial charge on any atom is 0.433 e. The van der Waals surface area contributed by atoms with Gasteiger partial charge in [0.25, 0.3) is 5.56 Å². The van der Waals surface area contributed by atoms with Gasteiger partial charge in [-0.15, -0.1) is 0 Å². The second-order valence-corrected chi connectivity index (χ2v) is 6.00. The molecule has 3 aromatic rings. The summed E-state index contributed by atoms with van der Waals surface area (Å²) in [5.74, 6) is 0.185. The van der Waals surface area contributed by atoms with Crippen molar-refractivity contribution < 1.29 is 17.6 Å². The Hall–Kier alpha value is -3.62. The lowest BCUT2D eigenvalue weighted by Crippen LogP contribution is -2.24. The molecule has 3 rings (SSSR count). The third-order valence-corrected chi connectivity index (χ3v) is 4.18. The van der Waals surface area contributed by atoms with Crippen molar-refractivity contribution in [1.82, 2.24) is 14.5 Å². The Morgan fingerprint density at radius 3 is 2.66 bits per heavy atom. The number of nitrogens with one attached hydrogen (secondary N) is 1. The monoisotopic (exact) mass is 402 g/mol. The van der Waals surface area contributed by atoms with Crippen LogP contribution < -0.4 is 10.9 Å². The molecule has 0 radical (unpaired) electrons. The Morgan fingerprint density at radius 2 is 2.07 bits per heavy atom. The summed E-state index contributed by atoms with van der Waals surface area (Å²) in [6.45, 7) is 5.15. The van der Waals surface area contributed by atoms with E-state index in [0.717, 1.165) is 10.6 Å². The van der Waals surface area contributed by atoms with Gasteiger partial charge >= 0.3 is 6.18 Å². The third-order valence-electron chi connectivity index (χ3n) is 4.18. The molecule has 0 fully saturated rings. The molecule has 3 aromatic heterocycles. The summed E-state index contributed by atoms with van der Waals surface area (Å²) in [5, 5.41) is 3.20. The highest BCUT2D eigenvalue weighted by Gasteiger charge is 2.33. The minimum Gasteiger partial charge on any atom is -0.443 e. The van der Waals surface area contributed by atoms with E-state index >= 15 is 0 Å². The van der Waals surface area contributed by atoms with Crippen LogP contribution in [0.1, 0.15) is 12.6 Å². The van der Waals surface area contributed by atoms with Crippen molar-refractivity contribution in [1.29, 1.82) is 0 Å². The van der Waals surface area contributed by atoms with Crippen molar-refractivity contribution in [3.63, 3.8) is 0 Å². The molecule has 6 nitrogen and oxygen atoms in total. The predicted octanol–water partition coefficient (Wildman–Crippen LogP) is 4.72. The molecule has 29 heavy (non-hydrogen) atoms. The SMILES string of the molecule is C=C/C=C\C=C(/C)n1c(=O)c(-c2cnco2)c(NC)c2ccc(C(F)(F)F)nc21. The number of aromatic nitrogens is 3. The van der Waals surface area contributed by atoms with Crippen LogP contribution in [-0.4, -0.2) is 21.6 Å². The summed E-state index contributed by atoms with van der Waals surface area (Å²) in [5.41, 5.74) is -1.01. The van der Waals surface area contributed by atoms with E-state index in [1.165, 1.54) is 24.7 Å². The fraction of sp³-hybridized carbons (Fsp3) is 0.150. The Bertz CT molecular complexity index is 1170. The highest BCUT2D eigenvalue weighted by Crippen LogP contribution is 2.35. The quantitative estimate of drug-likeness (QED) is 0.626. The molecule has 0 atom stereocenters. The van der Waals surface area contributed by atoms with Gasteiger partial charge in [-0.3, -0.25) is 9.36 Å². The van der Waals surface area contributed by atoms with Crippen LogP contribution in [0.2, 0.25) is 0 Å². The van der Waals surface area contributed by atoms with Crippen molar-refractivity contribution >= 4 is 22.4 Å². The van der Waals surface area contributed by atoms with Crippen molar-refractivity contribution in [2.24, 2.45) is 0 Å². The number of anilines is 1. The van der Waals surface area contributed by atoms with Gasteiger partial charge < -0.3 is 9.73 Å². The van der Waals surface area contributed by atoms with Crippen LogP contribution in [-0.2, 0) is 6.18 Å². The van der Waals surface area contributed by atoms with Crippen molar-refractivity contribution in [3.05, 3.63) is 71.7 Å². The standard InChI is InChI=1S/C20H17F3N4O2/c1-4-5-6-7-12(2)27-18-13(8-9-15(26-18)20(21,22)23)17(24-3)16(19(27)28)14-10-25-11-29-14/h4-11,24H,1H2,2-3H3/b6-5-,12-7+. The van der Waals surface area contributed by atoms with E-state index in [9.17, 15) is 18.0 Å². The Balaban J connectivity index is 2.48. The molecule has 0 saturated heterocycles. The van der Waals surface area contributed by atoms with Gasteiger partial charge in [-0.1, -0.05) is 24.8 Å². The first-order valence-electron chi connectivity index (χ1n) is 8.49. The van der Waals surface area contributed by atoms with E-state index in [1.807, 2.05) is 0 Å². The van der Waals surface area contributed by atoms with Gasteiger partial charge in [-0.2, -0.15) is 13.2 Å². The Labute approximate surface area is 163 Å². The first kappa shape index (κ1) is 20.1. The summed E-state index contributed by atoms with van der Waals surface area (Å²) >= 11 is 0. The largest absolute Gasteiger partial charge is 0.443 e. The van der Waals surface area contributed by atoms with E-state index in [2.05, 4.69) is 21.9 Å². The Morgan fingerprint density at radius 1 is 1.31 bits per heavy atom. The number of oxazole rings is 1. The minimum absolute atomic E-state index is 0.127. The molecule has 0 unspecified atom stereocenters. The lowest BCUT2D eigenvalue weighted by Gasteiger charge is -2.17. The number of hydrogen-bond donors (Lipinski definition) is 1. The van der Waals surface area contributed by atoms with Gasteiger partial charge in [0, 0.05) is 18.1 Å². The van der Waals surface area contributed by atoms with Crippen LogP contribution in [0, 0.1) is 0 Å². The number of rotatable bonds is 5. The summed E-state index contributed by atoms with van der Waals surface area (Å²) in [6.07, 6.45) is 4.24. The lowest BCUT2D eigenvalue weighted by molar-refractivity contribution is -0.141. The first-order valence-corrected chi connectivity index (χ1v) is 8.49. The molecule has 0 aliphatic rings. The number of nitrogens with zero attached hydrogens (tertiary/aromatic N) is 3. The van der Waals surface area contributed by atoms with Crippen LogP contribution in [0.5, 0.6) is 0 Å². The zero-order chi connectivity index (χ0) is 21.2. The van der Waals surface area contributed by atoms with Gasteiger partial charge in [0.2, 0.25) is 0 Å². The van der Waals surface area contributed by atoms with Crippen LogP contribution in [0.3, 0.4) is 0 Å². The van der Waals surface area contributed by atoms with Crippen molar-refractivity contribution in [2.75, 3.05) is 12.4 Å². The van der Waals surface area contributed by atoms with Crippen LogP contribution in [0.4, 0.5) is 18.9 Å². The molecule has 0 bridgehead atoms. The zero-order valence-corrected chi connectivity index (χ0v) is 15.6. The van der Waals surface area contributed by atoms with Crippen molar-refractivity contribution in [3.8, 4) is 11.3 Å². The van der Waals surface area contributed by atoms with E-state index in [0.29, 0.717) is 16.8 Å². The number of hydrogen-bond acceptors (Lipinski definition) is 5. The average molecular weight is 402 g/mol. The molecule has 0 amide bonds. The lowest BCUT2D eigenvalue weighted by atomic mass is 10.1. The van der Waals surface area contributed by atoms with E-state index in [4.69, 9.17) is 4.42 Å². The number of alkyl halides is 3. The first-order chi connectivity index (χ1) is 13.8. The van der Waals surface area contributed by atoms with E-state index in [1.54, 1.807) is 32.2 Å². The zero-order valence-electron chi connectivity index (χ0n) is 15.6. The second-order valence-electron chi connectivity index (χ2n) is 6.00. The van der Waals surface area contributed by atoms with Gasteiger partial charge in [0.15, 0.2) is 12.2 Å². The molecule has 0 aliphatic heterocycles. The van der Waals surface area contributed by atoms with Crippen LogP contribution >= 0.6 is 0 Å². The molecule has 9 heteroatoms. The molecule has 0 aliphatic carbocycles. The normalized spacial score (nSPS) is 12.7. The average Bonchev–Trinajstić information content (AvgIpc) is 3.20. The fourth-order valence-corrected chi connectivity index (χ4v) is 2.92. The topological polar surface area (TPSA) is 73.0 Å². The molecule has 0 spiro atoms. The molecular weight excluding hydrogens is 385 g/mol. The van der Waals surface area contributed by atoms with Crippen LogP contribution in [0.25, 0.3) is 28.1 Å². The number of halogens is 3. The van der Waals surface area contributed by atoms with Gasteiger partial charge in [0.1, 0.15) is 16.9 Å². The number of allylic oxidation sites excluding steroid dienone is 5. The highest BCUT2D eigenvalue weighted by atomic mass is 19.4. The molecule has 0 saturated carbocycles. The molecular formula is C20H17F3N4O2. The summed E-state index contributed by atoms with van der Waals surface area (Å²) in [6, 6.07) is 2.15. The maximum atomic E-state index is 13.3. The number of pyridine rings is 2. The second kappa shape index (κ2) is 7.78. The van der Waals surface area contributed by atoms with Crippen molar-refractivity contribution in [2.45, 2.75) is 13.1 Å². The van der Waals surface area contributed by atoms with Gasteiger partial charge in [-0.05, 0) is 25.1 Å². The maximum absolute atomic E-state index is 13.3. The number of fused-ring (bicyclic) bond motifs is 1. The van der Waals surface area contributed by atoms with Crippen LogP contribution in [0.15, 0.2) is 64.8 Å². The molecule has 0 aromatic carbocycles. The summed E-state index contributed by atoms with van der Waals surface area (Å²) in [7, 11) is 1.56. The third kappa shape index (κ3) is 3.71. The summed E-state index contributed by atoms with van der Waals surface area (Å²) in [4.78, 5) is 20.9. The molecule has 1 N–H and O–H groups in total.